The summed E-state index contributed by atoms with van der Waals surface area (Å²) in [5.41, 5.74) is 1.16. The van der Waals surface area contributed by atoms with E-state index in [-0.39, 0.29) is 12.5 Å². The summed E-state index contributed by atoms with van der Waals surface area (Å²) < 4.78 is 28.4. The van der Waals surface area contributed by atoms with E-state index in [1.165, 1.54) is 4.31 Å². The molecule has 2 rings (SSSR count). The fourth-order valence-corrected chi connectivity index (χ4v) is 3.44. The zero-order valence-electron chi connectivity index (χ0n) is 10.9. The first kappa shape index (κ1) is 14.2. The van der Waals surface area contributed by atoms with E-state index in [9.17, 15) is 8.42 Å². The Hall–Kier alpha value is -1.18. The number of aliphatic hydroxyl groups is 1. The number of piperidine rings is 1. The van der Waals surface area contributed by atoms with Crippen LogP contribution in [0.3, 0.4) is 0 Å². The highest BCUT2D eigenvalue weighted by atomic mass is 32.2. The van der Waals surface area contributed by atoms with Crippen LogP contribution in [0.1, 0.15) is 18.5 Å². The molecule has 1 aromatic rings. The summed E-state index contributed by atoms with van der Waals surface area (Å²) in [6.45, 7) is 2.78. The number of aromatic nitrogens is 1. The molecule has 0 aliphatic carbocycles. The summed E-state index contributed by atoms with van der Waals surface area (Å²) in [6.07, 6.45) is 3.02. The number of nitrogens with one attached hydrogen (secondary N) is 1. The van der Waals surface area contributed by atoms with Crippen LogP contribution in [-0.2, 0) is 10.2 Å². The van der Waals surface area contributed by atoms with Crippen molar-refractivity contribution in [3.8, 4) is 0 Å². The number of rotatable bonds is 4. The summed E-state index contributed by atoms with van der Waals surface area (Å²) in [7, 11) is -3.53. The van der Waals surface area contributed by atoms with Crippen LogP contribution < -0.4 is 4.72 Å². The minimum atomic E-state index is -3.53. The van der Waals surface area contributed by atoms with Crippen molar-refractivity contribution in [2.75, 3.05) is 24.4 Å². The van der Waals surface area contributed by atoms with E-state index in [0.717, 1.165) is 0 Å². The number of hydrogen-bond donors (Lipinski definition) is 2. The average molecular weight is 285 g/mol. The topological polar surface area (TPSA) is 82.5 Å². The quantitative estimate of drug-likeness (QED) is 0.855. The first-order chi connectivity index (χ1) is 9.03. The van der Waals surface area contributed by atoms with Gasteiger partial charge in [-0.05, 0) is 37.8 Å². The van der Waals surface area contributed by atoms with Crippen molar-refractivity contribution < 1.29 is 13.5 Å². The van der Waals surface area contributed by atoms with Crippen LogP contribution >= 0.6 is 0 Å². The van der Waals surface area contributed by atoms with Crippen LogP contribution in [-0.4, -0.2) is 42.5 Å². The maximum absolute atomic E-state index is 12.2. The number of hydrogen-bond acceptors (Lipinski definition) is 4. The van der Waals surface area contributed by atoms with Gasteiger partial charge in [0.2, 0.25) is 0 Å². The number of aryl methyl sites for hydroxylation is 1. The zero-order valence-corrected chi connectivity index (χ0v) is 11.7. The highest BCUT2D eigenvalue weighted by Gasteiger charge is 2.27. The van der Waals surface area contributed by atoms with Gasteiger partial charge in [-0.25, -0.2) is 0 Å². The van der Waals surface area contributed by atoms with Gasteiger partial charge in [0.25, 0.3) is 0 Å². The van der Waals surface area contributed by atoms with Crippen LogP contribution in [0.5, 0.6) is 0 Å². The van der Waals surface area contributed by atoms with E-state index in [1.807, 2.05) is 0 Å². The number of anilines is 1. The molecule has 1 fully saturated rings. The van der Waals surface area contributed by atoms with Gasteiger partial charge in [0.1, 0.15) is 0 Å². The molecule has 0 aromatic carbocycles. The van der Waals surface area contributed by atoms with Crippen molar-refractivity contribution in [1.29, 1.82) is 0 Å². The Labute approximate surface area is 113 Å². The standard InChI is InChI=1S/C12H19N3O3S/c1-10-12(3-2-6-13-10)14-19(17,18)15-7-4-11(9-16)5-8-15/h2-3,6,11,14,16H,4-5,7-9H2,1H3. The normalized spacial score (nSPS) is 18.4. The van der Waals surface area contributed by atoms with Gasteiger partial charge in [-0.2, -0.15) is 12.7 Å². The fourth-order valence-electron chi connectivity index (χ4n) is 2.13. The lowest BCUT2D eigenvalue weighted by molar-refractivity contribution is 0.170. The smallest absolute Gasteiger partial charge is 0.301 e. The molecule has 1 aliphatic rings. The zero-order chi connectivity index (χ0) is 13.9. The van der Waals surface area contributed by atoms with Gasteiger partial charge < -0.3 is 5.11 Å². The molecular weight excluding hydrogens is 266 g/mol. The van der Waals surface area contributed by atoms with Crippen molar-refractivity contribution in [2.45, 2.75) is 19.8 Å². The molecule has 0 bridgehead atoms. The first-order valence-corrected chi connectivity index (χ1v) is 7.77. The van der Waals surface area contributed by atoms with E-state index in [1.54, 1.807) is 25.3 Å². The van der Waals surface area contributed by atoms with Gasteiger partial charge in [-0.1, -0.05) is 0 Å². The molecule has 2 heterocycles. The van der Waals surface area contributed by atoms with Crippen LogP contribution in [0, 0.1) is 12.8 Å². The predicted molar refractivity (Wildman–Crippen MR) is 72.9 cm³/mol. The molecule has 0 saturated carbocycles. The third kappa shape index (κ3) is 3.43. The van der Waals surface area contributed by atoms with E-state index in [4.69, 9.17) is 5.11 Å². The lowest BCUT2D eigenvalue weighted by Gasteiger charge is -2.30. The SMILES string of the molecule is Cc1ncccc1NS(=O)(=O)N1CCC(CO)CC1. The molecule has 1 saturated heterocycles. The summed E-state index contributed by atoms with van der Waals surface area (Å²) in [4.78, 5) is 4.06. The van der Waals surface area contributed by atoms with Crippen molar-refractivity contribution in [2.24, 2.45) is 5.92 Å². The van der Waals surface area contributed by atoms with Crippen molar-refractivity contribution in [1.82, 2.24) is 9.29 Å². The Morgan fingerprint density at radius 2 is 2.16 bits per heavy atom. The molecule has 0 radical (unpaired) electrons. The first-order valence-electron chi connectivity index (χ1n) is 6.33. The lowest BCUT2D eigenvalue weighted by atomic mass is 10.00. The second kappa shape index (κ2) is 5.85. The Morgan fingerprint density at radius 1 is 1.47 bits per heavy atom. The maximum atomic E-state index is 12.2. The molecule has 0 unspecified atom stereocenters. The third-order valence-electron chi connectivity index (χ3n) is 3.42. The molecule has 0 spiro atoms. The monoisotopic (exact) mass is 285 g/mol. The Kier molecular flexibility index (Phi) is 4.38. The van der Waals surface area contributed by atoms with Crippen LogP contribution in [0.4, 0.5) is 5.69 Å². The average Bonchev–Trinajstić information content (AvgIpc) is 2.41. The van der Waals surface area contributed by atoms with Gasteiger partial charge >= 0.3 is 10.2 Å². The van der Waals surface area contributed by atoms with Crippen molar-refractivity contribution in [3.63, 3.8) is 0 Å². The minimum absolute atomic E-state index is 0.128. The maximum Gasteiger partial charge on any atom is 0.301 e. The summed E-state index contributed by atoms with van der Waals surface area (Å²) in [5.74, 6) is 0.214. The molecule has 1 aliphatic heterocycles. The van der Waals surface area contributed by atoms with Gasteiger partial charge in [-0.15, -0.1) is 0 Å². The van der Waals surface area contributed by atoms with Gasteiger partial charge in [0.15, 0.2) is 0 Å². The Morgan fingerprint density at radius 3 is 2.74 bits per heavy atom. The predicted octanol–water partition coefficient (Wildman–Crippen LogP) is 0.751. The second-order valence-corrected chi connectivity index (χ2v) is 6.44. The van der Waals surface area contributed by atoms with Gasteiger partial charge in [-0.3, -0.25) is 9.71 Å². The van der Waals surface area contributed by atoms with Crippen molar-refractivity contribution in [3.05, 3.63) is 24.0 Å². The Bertz CT molecular complexity index is 525. The highest BCUT2D eigenvalue weighted by Crippen LogP contribution is 2.21. The second-order valence-electron chi connectivity index (χ2n) is 4.77. The molecule has 2 N–H and O–H groups in total. The third-order valence-corrected chi connectivity index (χ3v) is 4.94. The molecule has 19 heavy (non-hydrogen) atoms. The van der Waals surface area contributed by atoms with Gasteiger partial charge in [0, 0.05) is 25.9 Å². The Balaban J connectivity index is 2.05. The molecule has 0 amide bonds. The largest absolute Gasteiger partial charge is 0.396 e. The summed E-state index contributed by atoms with van der Waals surface area (Å²) in [6, 6.07) is 3.39. The number of nitrogens with zero attached hydrogens (tertiary/aromatic N) is 2. The molecule has 7 heteroatoms. The summed E-state index contributed by atoms with van der Waals surface area (Å²) >= 11 is 0. The fraction of sp³-hybridized carbons (Fsp3) is 0.583. The minimum Gasteiger partial charge on any atom is -0.396 e. The lowest BCUT2D eigenvalue weighted by Crippen LogP contribution is -2.42. The molecule has 0 atom stereocenters. The van der Waals surface area contributed by atoms with Crippen LogP contribution in [0.25, 0.3) is 0 Å². The van der Waals surface area contributed by atoms with E-state index < -0.39 is 10.2 Å². The molecule has 6 nitrogen and oxygen atoms in total. The number of aliphatic hydroxyl groups excluding tert-OH is 1. The van der Waals surface area contributed by atoms with Crippen LogP contribution in [0.15, 0.2) is 18.3 Å². The van der Waals surface area contributed by atoms with Crippen molar-refractivity contribution >= 4 is 15.9 Å². The van der Waals surface area contributed by atoms with E-state index in [2.05, 4.69) is 9.71 Å². The molecular formula is C12H19N3O3S. The van der Waals surface area contributed by atoms with Crippen LogP contribution in [0.2, 0.25) is 0 Å². The van der Waals surface area contributed by atoms with E-state index >= 15 is 0 Å². The number of pyridine rings is 1. The molecule has 106 valence electrons. The molecule has 1 aromatic heterocycles. The highest BCUT2D eigenvalue weighted by molar-refractivity contribution is 7.90. The van der Waals surface area contributed by atoms with E-state index in [0.29, 0.717) is 37.3 Å². The van der Waals surface area contributed by atoms with Gasteiger partial charge in [0.05, 0.1) is 11.4 Å². The summed E-state index contributed by atoms with van der Waals surface area (Å²) in [5, 5.41) is 9.06.